The lowest BCUT2D eigenvalue weighted by Crippen LogP contribution is -2.45. The zero-order valence-corrected chi connectivity index (χ0v) is 24.8. The fourth-order valence-corrected chi connectivity index (χ4v) is 6.91. The van der Waals surface area contributed by atoms with E-state index in [1.54, 1.807) is 11.8 Å². The Morgan fingerprint density at radius 2 is 1.39 bits per heavy atom. The maximum Gasteiger partial charge on any atom is 0.406 e. The fraction of sp³-hybridized carbons (Fsp3) is 0.958. The molecule has 0 aromatic carbocycles. The van der Waals surface area contributed by atoms with Crippen molar-refractivity contribution in [2.24, 2.45) is 11.7 Å². The van der Waals surface area contributed by atoms with Gasteiger partial charge in [0, 0.05) is 16.1 Å². The van der Waals surface area contributed by atoms with Crippen LogP contribution < -0.4 is 10.5 Å². The molecular formula is C24H49IN2O4S2. The Hall–Kier alpha value is 0.260. The third kappa shape index (κ3) is 22.5. The third-order valence-corrected chi connectivity index (χ3v) is 9.14. The molecule has 0 saturated carbocycles. The van der Waals surface area contributed by atoms with Gasteiger partial charge in [0.05, 0.1) is 5.75 Å². The number of amides is 1. The van der Waals surface area contributed by atoms with Crippen molar-refractivity contribution in [3.05, 3.63) is 0 Å². The van der Waals surface area contributed by atoms with Gasteiger partial charge < -0.3 is 10.5 Å². The zero-order chi connectivity index (χ0) is 24.8. The lowest BCUT2D eigenvalue weighted by Gasteiger charge is -2.24. The molecule has 0 spiro atoms. The van der Waals surface area contributed by atoms with Gasteiger partial charge in [-0.2, -0.15) is 16.5 Å². The number of unbranched alkanes of at least 4 members (excludes halogenated alkanes) is 13. The summed E-state index contributed by atoms with van der Waals surface area (Å²) in [6.07, 6.45) is 17.6. The van der Waals surface area contributed by atoms with Crippen LogP contribution in [0.1, 0.15) is 110 Å². The van der Waals surface area contributed by atoms with E-state index in [0.717, 1.165) is 16.6 Å². The highest BCUT2D eigenvalue weighted by molar-refractivity contribution is 14.1. The molecule has 0 aromatic rings. The number of sulfonamides is 1. The van der Waals surface area contributed by atoms with Crippen molar-refractivity contribution in [3.8, 4) is 0 Å². The number of hydrogen-bond acceptors (Lipinski definition) is 5. The molecule has 198 valence electrons. The van der Waals surface area contributed by atoms with Gasteiger partial charge in [0.2, 0.25) is 10.0 Å². The highest BCUT2D eigenvalue weighted by Crippen LogP contribution is 2.18. The first kappa shape index (κ1) is 33.3. The van der Waals surface area contributed by atoms with E-state index in [1.807, 2.05) is 6.92 Å². The number of hydrogen-bond donors (Lipinski definition) is 2. The molecule has 6 nitrogen and oxygen atoms in total. The number of thioether (sulfide) groups is 1. The Balaban J connectivity index is 3.76. The first-order valence-electron chi connectivity index (χ1n) is 12.9. The van der Waals surface area contributed by atoms with Gasteiger partial charge in [-0.25, -0.2) is 13.2 Å². The average Bonchev–Trinajstić information content (AvgIpc) is 2.76. The third-order valence-electron chi connectivity index (χ3n) is 5.63. The topological polar surface area (TPSA) is 98.5 Å². The van der Waals surface area contributed by atoms with E-state index in [0.29, 0.717) is 12.2 Å². The molecule has 33 heavy (non-hydrogen) atoms. The number of alkyl halides is 1. The van der Waals surface area contributed by atoms with Crippen LogP contribution in [0.5, 0.6) is 0 Å². The van der Waals surface area contributed by atoms with Crippen molar-refractivity contribution in [1.82, 2.24) is 4.72 Å². The van der Waals surface area contributed by atoms with Crippen LogP contribution in [0.3, 0.4) is 0 Å². The second kappa shape index (κ2) is 22.7. The van der Waals surface area contributed by atoms with E-state index in [4.69, 9.17) is 10.5 Å². The summed E-state index contributed by atoms with van der Waals surface area (Å²) in [5.41, 5.74) is 5.14. The molecule has 0 aliphatic carbocycles. The highest BCUT2D eigenvalue weighted by Gasteiger charge is 2.25. The standard InChI is InChI=1S/C24H49IN2O4S2/c1-3-4-5-6-7-8-9-10-11-12-13-14-15-16-19-32-21-22(2)23(31-24(26)28)27-33(29,30)20-17-18-25/h22-23,27H,3-21H2,1-2H3,(H2,26,28). The molecule has 3 N–H and O–H groups in total. The van der Waals surface area contributed by atoms with Gasteiger partial charge in [0.1, 0.15) is 0 Å². The van der Waals surface area contributed by atoms with Crippen LogP contribution in [0.15, 0.2) is 0 Å². The predicted octanol–water partition coefficient (Wildman–Crippen LogP) is 7.00. The van der Waals surface area contributed by atoms with Crippen molar-refractivity contribution < 1.29 is 17.9 Å². The van der Waals surface area contributed by atoms with Crippen molar-refractivity contribution in [2.45, 2.75) is 116 Å². The summed E-state index contributed by atoms with van der Waals surface area (Å²) in [6.45, 7) is 4.15. The molecule has 0 fully saturated rings. The molecule has 0 heterocycles. The first-order chi connectivity index (χ1) is 15.8. The predicted molar refractivity (Wildman–Crippen MR) is 152 cm³/mol. The molecule has 0 aliphatic rings. The lowest BCUT2D eigenvalue weighted by atomic mass is 10.0. The number of ether oxygens (including phenoxy) is 1. The van der Waals surface area contributed by atoms with Crippen LogP contribution in [0.4, 0.5) is 4.79 Å². The largest absolute Gasteiger partial charge is 0.429 e. The Bertz CT molecular complexity index is 565. The van der Waals surface area contributed by atoms with Gasteiger partial charge in [-0.1, -0.05) is 120 Å². The van der Waals surface area contributed by atoms with Gasteiger partial charge in [0.25, 0.3) is 0 Å². The smallest absolute Gasteiger partial charge is 0.406 e. The van der Waals surface area contributed by atoms with Crippen LogP contribution in [0, 0.1) is 5.92 Å². The molecule has 9 heteroatoms. The number of halogens is 1. The number of nitrogens with one attached hydrogen (secondary N) is 1. The SMILES string of the molecule is CCCCCCCCCCCCCCCCSCC(C)C(NS(=O)(=O)CCCI)OC(N)=O. The van der Waals surface area contributed by atoms with Crippen LogP contribution in [-0.4, -0.2) is 42.4 Å². The van der Waals surface area contributed by atoms with E-state index >= 15 is 0 Å². The molecule has 1 amide bonds. The quantitative estimate of drug-likeness (QED) is 0.0524. The summed E-state index contributed by atoms with van der Waals surface area (Å²) in [5.74, 6) is 1.62. The Morgan fingerprint density at radius 1 is 0.909 bits per heavy atom. The number of rotatable bonds is 24. The number of primary amides is 1. The Kier molecular flexibility index (Phi) is 22.9. The second-order valence-corrected chi connectivity index (χ2v) is 13.1. The van der Waals surface area contributed by atoms with E-state index in [-0.39, 0.29) is 11.7 Å². The first-order valence-corrected chi connectivity index (χ1v) is 17.3. The van der Waals surface area contributed by atoms with Gasteiger partial charge in [-0.3, -0.25) is 0 Å². The number of carbonyl (C=O) groups is 1. The molecule has 0 bridgehead atoms. The van der Waals surface area contributed by atoms with Crippen molar-refractivity contribution in [1.29, 1.82) is 0 Å². The van der Waals surface area contributed by atoms with Crippen LogP contribution in [0.25, 0.3) is 0 Å². The fourth-order valence-electron chi connectivity index (χ4n) is 3.62. The van der Waals surface area contributed by atoms with Gasteiger partial charge in [0.15, 0.2) is 6.23 Å². The molecule has 0 rings (SSSR count). The van der Waals surface area contributed by atoms with Crippen LogP contribution in [-0.2, 0) is 14.8 Å². The molecule has 2 unspecified atom stereocenters. The summed E-state index contributed by atoms with van der Waals surface area (Å²) in [6, 6.07) is 0. The summed E-state index contributed by atoms with van der Waals surface area (Å²) < 4.78 is 32.6. The van der Waals surface area contributed by atoms with Crippen molar-refractivity contribution in [2.75, 3.05) is 21.7 Å². The second-order valence-electron chi connectivity index (χ2n) is 8.99. The van der Waals surface area contributed by atoms with Crippen molar-refractivity contribution in [3.63, 3.8) is 0 Å². The minimum atomic E-state index is -3.49. The van der Waals surface area contributed by atoms with Crippen molar-refractivity contribution >= 4 is 50.5 Å². The monoisotopic (exact) mass is 620 g/mol. The molecule has 0 aromatic heterocycles. The van der Waals surface area contributed by atoms with Gasteiger partial charge in [-0.15, -0.1) is 0 Å². The van der Waals surface area contributed by atoms with Crippen LogP contribution >= 0.6 is 34.4 Å². The minimum Gasteiger partial charge on any atom is -0.429 e. The summed E-state index contributed by atoms with van der Waals surface area (Å²) in [5, 5.41) is 0. The number of nitrogens with two attached hydrogens (primary N) is 1. The average molecular weight is 621 g/mol. The minimum absolute atomic E-state index is 0.0213. The maximum atomic E-state index is 12.2. The van der Waals surface area contributed by atoms with E-state index in [9.17, 15) is 13.2 Å². The highest BCUT2D eigenvalue weighted by atomic mass is 127. The van der Waals surface area contributed by atoms with Gasteiger partial charge >= 0.3 is 6.09 Å². The molecule has 2 atom stereocenters. The van der Waals surface area contributed by atoms with Crippen LogP contribution in [0.2, 0.25) is 0 Å². The van der Waals surface area contributed by atoms with E-state index in [1.165, 1.54) is 83.5 Å². The summed E-state index contributed by atoms with van der Waals surface area (Å²) >= 11 is 3.92. The molecule has 0 saturated heterocycles. The summed E-state index contributed by atoms with van der Waals surface area (Å²) in [4.78, 5) is 11.2. The zero-order valence-electron chi connectivity index (χ0n) is 21.0. The summed E-state index contributed by atoms with van der Waals surface area (Å²) in [7, 11) is -3.49. The van der Waals surface area contributed by atoms with E-state index < -0.39 is 22.3 Å². The van der Waals surface area contributed by atoms with Gasteiger partial charge in [-0.05, 0) is 18.6 Å². The molecular weight excluding hydrogens is 571 g/mol. The van der Waals surface area contributed by atoms with E-state index in [2.05, 4.69) is 34.2 Å². The lowest BCUT2D eigenvalue weighted by molar-refractivity contribution is 0.0731. The Labute approximate surface area is 221 Å². The molecule has 0 radical (unpaired) electrons. The molecule has 0 aliphatic heterocycles. The number of carbonyl (C=O) groups excluding carboxylic acids is 1. The Morgan fingerprint density at radius 3 is 1.85 bits per heavy atom. The maximum absolute atomic E-state index is 12.2. The normalized spacial score (nSPS) is 13.7.